The molecule has 1 fully saturated rings. The first kappa shape index (κ1) is 23.1. The molecular formula is C23H29N5O4. The van der Waals surface area contributed by atoms with E-state index in [1.54, 1.807) is 30.0 Å². The lowest BCUT2D eigenvalue weighted by Crippen LogP contribution is -2.44. The van der Waals surface area contributed by atoms with Gasteiger partial charge in [-0.15, -0.1) is 0 Å². The monoisotopic (exact) mass is 439 g/mol. The molecule has 1 aliphatic heterocycles. The Bertz CT molecular complexity index is 990. The number of carbonyl (C=O) groups is 2. The number of carbonyl (C=O) groups excluding carboxylic acids is 2. The number of anilines is 2. The van der Waals surface area contributed by atoms with E-state index in [9.17, 15) is 19.7 Å². The molecule has 2 aromatic carbocycles. The second-order valence-corrected chi connectivity index (χ2v) is 8.31. The van der Waals surface area contributed by atoms with Crippen molar-refractivity contribution in [3.05, 3.63) is 63.7 Å². The van der Waals surface area contributed by atoms with Gasteiger partial charge in [0, 0.05) is 57.2 Å². The Morgan fingerprint density at radius 1 is 1.19 bits per heavy atom. The van der Waals surface area contributed by atoms with Gasteiger partial charge in [-0.2, -0.15) is 0 Å². The number of non-ortho nitro benzene ring substituents is 1. The number of benzene rings is 2. The number of hydrogen-bond acceptors (Lipinski definition) is 5. The number of nitrogens with zero attached hydrogens (tertiary/aromatic N) is 3. The zero-order valence-electron chi connectivity index (χ0n) is 18.6. The molecule has 0 bridgehead atoms. The Labute approximate surface area is 187 Å². The highest BCUT2D eigenvalue weighted by Crippen LogP contribution is 2.27. The van der Waals surface area contributed by atoms with Gasteiger partial charge in [0.15, 0.2) is 0 Å². The van der Waals surface area contributed by atoms with Crippen molar-refractivity contribution in [1.29, 1.82) is 0 Å². The zero-order chi connectivity index (χ0) is 23.3. The van der Waals surface area contributed by atoms with E-state index in [1.807, 2.05) is 31.2 Å². The van der Waals surface area contributed by atoms with Crippen LogP contribution in [0.4, 0.5) is 21.9 Å². The predicted octanol–water partition coefficient (Wildman–Crippen LogP) is 3.64. The normalized spacial score (nSPS) is 15.7. The van der Waals surface area contributed by atoms with Crippen LogP contribution in [0.25, 0.3) is 0 Å². The van der Waals surface area contributed by atoms with Gasteiger partial charge in [-0.1, -0.05) is 17.7 Å². The predicted molar refractivity (Wildman–Crippen MR) is 124 cm³/mol. The minimum Gasteiger partial charge on any atom is -0.377 e. The highest BCUT2D eigenvalue weighted by Gasteiger charge is 2.28. The molecule has 1 unspecified atom stereocenters. The van der Waals surface area contributed by atoms with Gasteiger partial charge < -0.3 is 20.4 Å². The number of aryl methyl sites for hydroxylation is 1. The Hall–Kier alpha value is -3.62. The van der Waals surface area contributed by atoms with Gasteiger partial charge in [-0.25, -0.2) is 4.79 Å². The number of nitrogens with one attached hydrogen (secondary N) is 2. The van der Waals surface area contributed by atoms with Crippen LogP contribution in [0.15, 0.2) is 42.5 Å². The summed E-state index contributed by atoms with van der Waals surface area (Å²) in [6, 6.07) is 11.6. The number of hydrogen-bond donors (Lipinski definition) is 2. The van der Waals surface area contributed by atoms with Crippen molar-refractivity contribution in [3.63, 3.8) is 0 Å². The maximum absolute atomic E-state index is 13.2. The van der Waals surface area contributed by atoms with Crippen LogP contribution in [0.2, 0.25) is 0 Å². The number of nitro groups is 1. The van der Waals surface area contributed by atoms with Gasteiger partial charge in [-0.3, -0.25) is 14.9 Å². The summed E-state index contributed by atoms with van der Waals surface area (Å²) in [6.45, 7) is 3.49. The Balaban J connectivity index is 1.62. The van der Waals surface area contributed by atoms with Crippen molar-refractivity contribution in [2.24, 2.45) is 5.92 Å². The number of urea groups is 1. The van der Waals surface area contributed by atoms with Crippen molar-refractivity contribution >= 4 is 29.0 Å². The highest BCUT2D eigenvalue weighted by atomic mass is 16.6. The molecule has 3 amide bonds. The molecule has 1 saturated heterocycles. The molecule has 2 aromatic rings. The summed E-state index contributed by atoms with van der Waals surface area (Å²) in [4.78, 5) is 39.7. The minimum atomic E-state index is -0.494. The third-order valence-electron chi connectivity index (χ3n) is 5.57. The van der Waals surface area contributed by atoms with Gasteiger partial charge in [0.2, 0.25) is 0 Å². The average Bonchev–Trinajstić information content (AvgIpc) is 2.78. The van der Waals surface area contributed by atoms with E-state index in [-0.39, 0.29) is 23.5 Å². The first-order chi connectivity index (χ1) is 15.2. The van der Waals surface area contributed by atoms with Crippen molar-refractivity contribution in [3.8, 4) is 0 Å². The summed E-state index contributed by atoms with van der Waals surface area (Å²) >= 11 is 0. The lowest BCUT2D eigenvalue weighted by molar-refractivity contribution is -0.384. The summed E-state index contributed by atoms with van der Waals surface area (Å²) in [5.41, 5.74) is 2.68. The van der Waals surface area contributed by atoms with E-state index >= 15 is 0 Å². The third-order valence-corrected chi connectivity index (χ3v) is 5.57. The van der Waals surface area contributed by atoms with Crippen LogP contribution in [-0.2, 0) is 0 Å². The standard InChI is InChI=1S/C23H29N5O4/c1-16-6-8-18(9-7-16)25-23(30)24-14-17-5-4-12-27(15-17)22(29)20-13-19(28(31)32)10-11-21(20)26(2)3/h6-11,13,17H,4-5,12,14-15H2,1-3H3,(H2,24,25,30). The minimum absolute atomic E-state index is 0.109. The first-order valence-electron chi connectivity index (χ1n) is 10.6. The third kappa shape index (κ3) is 5.75. The molecule has 0 aromatic heterocycles. The fourth-order valence-electron chi connectivity index (χ4n) is 3.83. The van der Waals surface area contributed by atoms with Crippen LogP contribution in [0, 0.1) is 23.0 Å². The van der Waals surface area contributed by atoms with Crippen LogP contribution in [-0.4, -0.2) is 55.5 Å². The molecular weight excluding hydrogens is 410 g/mol. The number of piperidine rings is 1. The molecule has 1 heterocycles. The SMILES string of the molecule is Cc1ccc(NC(=O)NCC2CCCN(C(=O)c3cc([N+](=O)[O-])ccc3N(C)C)C2)cc1. The van der Waals surface area contributed by atoms with E-state index in [2.05, 4.69) is 10.6 Å². The Morgan fingerprint density at radius 3 is 2.56 bits per heavy atom. The molecule has 1 aliphatic rings. The molecule has 9 heteroatoms. The van der Waals surface area contributed by atoms with E-state index in [4.69, 9.17) is 0 Å². The molecule has 0 saturated carbocycles. The number of likely N-dealkylation sites (tertiary alicyclic amines) is 1. The lowest BCUT2D eigenvalue weighted by atomic mass is 9.97. The molecule has 32 heavy (non-hydrogen) atoms. The second-order valence-electron chi connectivity index (χ2n) is 8.31. The fraction of sp³-hybridized carbons (Fsp3) is 0.391. The number of amides is 3. The summed E-state index contributed by atoms with van der Waals surface area (Å²) in [6.07, 6.45) is 1.70. The average molecular weight is 440 g/mol. The van der Waals surface area contributed by atoms with Crippen molar-refractivity contribution in [2.75, 3.05) is 43.9 Å². The van der Waals surface area contributed by atoms with Crippen molar-refractivity contribution < 1.29 is 14.5 Å². The van der Waals surface area contributed by atoms with E-state index in [1.165, 1.54) is 12.1 Å². The topological polar surface area (TPSA) is 108 Å². The van der Waals surface area contributed by atoms with Gasteiger partial charge in [-0.05, 0) is 43.9 Å². The van der Waals surface area contributed by atoms with Crippen molar-refractivity contribution in [2.45, 2.75) is 19.8 Å². The first-order valence-corrected chi connectivity index (χ1v) is 10.6. The number of rotatable bonds is 6. The van der Waals surface area contributed by atoms with E-state index in [0.717, 1.165) is 24.1 Å². The van der Waals surface area contributed by atoms with Gasteiger partial charge in [0.25, 0.3) is 11.6 Å². The van der Waals surface area contributed by atoms with Crippen molar-refractivity contribution in [1.82, 2.24) is 10.2 Å². The van der Waals surface area contributed by atoms with Crippen LogP contribution < -0.4 is 15.5 Å². The molecule has 0 spiro atoms. The van der Waals surface area contributed by atoms with Crippen LogP contribution >= 0.6 is 0 Å². The lowest BCUT2D eigenvalue weighted by Gasteiger charge is -2.33. The van der Waals surface area contributed by atoms with Crippen LogP contribution in [0.1, 0.15) is 28.8 Å². The largest absolute Gasteiger partial charge is 0.377 e. The molecule has 1 atom stereocenters. The van der Waals surface area contributed by atoms with E-state index < -0.39 is 4.92 Å². The van der Waals surface area contributed by atoms with Crippen LogP contribution in [0.3, 0.4) is 0 Å². The van der Waals surface area contributed by atoms with Gasteiger partial charge >= 0.3 is 6.03 Å². The zero-order valence-corrected chi connectivity index (χ0v) is 18.6. The van der Waals surface area contributed by atoms with Gasteiger partial charge in [0.05, 0.1) is 10.5 Å². The maximum atomic E-state index is 13.2. The molecule has 0 radical (unpaired) electrons. The van der Waals surface area contributed by atoms with Gasteiger partial charge in [0.1, 0.15) is 0 Å². The molecule has 170 valence electrons. The summed E-state index contributed by atoms with van der Waals surface area (Å²) in [5, 5.41) is 16.9. The molecule has 0 aliphatic carbocycles. The second kappa shape index (κ2) is 10.1. The van der Waals surface area contributed by atoms with Crippen LogP contribution in [0.5, 0.6) is 0 Å². The summed E-state index contributed by atoms with van der Waals surface area (Å²) in [7, 11) is 3.60. The highest BCUT2D eigenvalue weighted by molar-refractivity contribution is 6.00. The smallest absolute Gasteiger partial charge is 0.319 e. The Morgan fingerprint density at radius 2 is 1.91 bits per heavy atom. The van der Waals surface area contributed by atoms with E-state index in [0.29, 0.717) is 30.9 Å². The Kier molecular flexibility index (Phi) is 7.29. The maximum Gasteiger partial charge on any atom is 0.319 e. The number of nitro benzene ring substituents is 1. The molecule has 2 N–H and O–H groups in total. The molecule has 9 nitrogen and oxygen atoms in total. The summed E-state index contributed by atoms with van der Waals surface area (Å²) < 4.78 is 0. The molecule has 3 rings (SSSR count). The summed E-state index contributed by atoms with van der Waals surface area (Å²) in [5.74, 6) is -0.121. The fourth-order valence-corrected chi connectivity index (χ4v) is 3.83. The quantitative estimate of drug-likeness (QED) is 0.528.